The van der Waals surface area contributed by atoms with Gasteiger partial charge in [0.25, 0.3) is 5.91 Å². The van der Waals surface area contributed by atoms with Crippen LogP contribution in [0.5, 0.6) is 0 Å². The number of fused-ring (bicyclic) bond motifs is 1. The SMILES string of the molecule is CC(=O)c1cc(C(=O)N(C)C[C@@H](CCN2CCC(c3ccccc3S(C)=O)CC2)c2ccc(Cl)c(Cl)c2)c2ccccc2c1. The third kappa shape index (κ3) is 7.43. The van der Waals surface area contributed by atoms with Crippen LogP contribution in [-0.2, 0) is 10.8 Å². The number of amides is 1. The van der Waals surface area contributed by atoms with Crippen LogP contribution < -0.4 is 0 Å². The minimum atomic E-state index is -1.00. The second kappa shape index (κ2) is 14.4. The first-order valence-corrected chi connectivity index (χ1v) is 17.3. The summed E-state index contributed by atoms with van der Waals surface area (Å²) in [4.78, 5) is 31.4. The Morgan fingerprint density at radius 2 is 1.66 bits per heavy atom. The van der Waals surface area contributed by atoms with Crippen molar-refractivity contribution in [2.45, 2.75) is 42.9 Å². The summed E-state index contributed by atoms with van der Waals surface area (Å²) in [6.45, 7) is 4.81. The maximum absolute atomic E-state index is 13.9. The van der Waals surface area contributed by atoms with Crippen LogP contribution in [0.25, 0.3) is 10.8 Å². The fourth-order valence-electron chi connectivity index (χ4n) is 6.33. The number of hydrogen-bond donors (Lipinski definition) is 0. The van der Waals surface area contributed by atoms with Crippen LogP contribution in [0.3, 0.4) is 0 Å². The van der Waals surface area contributed by atoms with E-state index in [4.69, 9.17) is 23.2 Å². The highest BCUT2D eigenvalue weighted by molar-refractivity contribution is 7.84. The molecule has 44 heavy (non-hydrogen) atoms. The fraction of sp³-hybridized carbons (Fsp3) is 0.333. The highest BCUT2D eigenvalue weighted by Crippen LogP contribution is 2.34. The fourth-order valence-corrected chi connectivity index (χ4v) is 7.47. The Kier molecular flexibility index (Phi) is 10.6. The van der Waals surface area contributed by atoms with Crippen molar-refractivity contribution in [1.29, 1.82) is 0 Å². The zero-order valence-corrected chi connectivity index (χ0v) is 27.7. The van der Waals surface area contributed by atoms with Gasteiger partial charge in [0.1, 0.15) is 0 Å². The van der Waals surface area contributed by atoms with E-state index in [0.717, 1.165) is 60.1 Å². The minimum Gasteiger partial charge on any atom is -0.341 e. The zero-order valence-electron chi connectivity index (χ0n) is 25.4. The molecule has 5 nitrogen and oxygen atoms in total. The quantitative estimate of drug-likeness (QED) is 0.163. The van der Waals surface area contributed by atoms with Gasteiger partial charge >= 0.3 is 0 Å². The molecule has 5 rings (SSSR count). The first kappa shape index (κ1) is 32.4. The standard InChI is InChI=1S/C36H38Cl2N2O3S/c1-24(41)29-20-27-8-4-5-9-30(27)32(21-29)36(42)39(2)23-28(26-12-13-33(37)34(38)22-26)16-19-40-17-14-25(15-18-40)31-10-6-7-11-35(31)44(3)43/h4-13,20-22,25,28H,14-19,23H2,1-3H3/t28-,44?/m1/s1. The summed E-state index contributed by atoms with van der Waals surface area (Å²) in [7, 11) is 0.818. The van der Waals surface area contributed by atoms with Crippen molar-refractivity contribution in [1.82, 2.24) is 9.80 Å². The average Bonchev–Trinajstić information content (AvgIpc) is 3.03. The minimum absolute atomic E-state index is 0.0296. The summed E-state index contributed by atoms with van der Waals surface area (Å²) in [6, 6.07) is 25.1. The molecule has 0 spiro atoms. The van der Waals surface area contributed by atoms with Gasteiger partial charge in [0.15, 0.2) is 5.78 Å². The van der Waals surface area contributed by atoms with Crippen molar-refractivity contribution in [3.05, 3.63) is 111 Å². The number of carbonyl (C=O) groups excluding carboxylic acids is 2. The van der Waals surface area contributed by atoms with Gasteiger partial charge in [-0.2, -0.15) is 0 Å². The van der Waals surface area contributed by atoms with Crippen molar-refractivity contribution in [2.24, 2.45) is 0 Å². The highest BCUT2D eigenvalue weighted by atomic mass is 35.5. The predicted octanol–water partition coefficient (Wildman–Crippen LogP) is 8.21. The lowest BCUT2D eigenvalue weighted by Gasteiger charge is -2.34. The first-order valence-electron chi connectivity index (χ1n) is 15.0. The molecule has 1 unspecified atom stereocenters. The Balaban J connectivity index is 1.32. The van der Waals surface area contributed by atoms with Gasteiger partial charge in [-0.05, 0) is 104 Å². The van der Waals surface area contributed by atoms with Crippen LogP contribution in [0.2, 0.25) is 10.0 Å². The van der Waals surface area contributed by atoms with E-state index in [0.29, 0.717) is 33.6 Å². The van der Waals surface area contributed by atoms with Crippen molar-refractivity contribution < 1.29 is 13.8 Å². The Morgan fingerprint density at radius 3 is 2.36 bits per heavy atom. The van der Waals surface area contributed by atoms with E-state index in [1.54, 1.807) is 17.2 Å². The van der Waals surface area contributed by atoms with Gasteiger partial charge in [0.2, 0.25) is 0 Å². The molecule has 4 aromatic rings. The number of halogens is 2. The molecule has 4 aromatic carbocycles. The third-order valence-electron chi connectivity index (χ3n) is 8.80. The second-order valence-corrected chi connectivity index (χ2v) is 13.9. The summed E-state index contributed by atoms with van der Waals surface area (Å²) in [5.74, 6) is 0.238. The number of likely N-dealkylation sites (tertiary alicyclic amines) is 1. The lowest BCUT2D eigenvalue weighted by atomic mass is 9.88. The molecule has 8 heteroatoms. The monoisotopic (exact) mass is 648 g/mol. The molecule has 1 fully saturated rings. The lowest BCUT2D eigenvalue weighted by molar-refractivity contribution is 0.0783. The van der Waals surface area contributed by atoms with E-state index in [-0.39, 0.29) is 17.6 Å². The molecule has 230 valence electrons. The number of ketones is 1. The van der Waals surface area contributed by atoms with Crippen molar-refractivity contribution >= 4 is 56.5 Å². The average molecular weight is 650 g/mol. The van der Waals surface area contributed by atoms with E-state index < -0.39 is 10.8 Å². The number of piperidine rings is 1. The summed E-state index contributed by atoms with van der Waals surface area (Å²) < 4.78 is 12.3. The third-order valence-corrected chi connectivity index (χ3v) is 10.5. The topological polar surface area (TPSA) is 57.7 Å². The molecule has 2 atom stereocenters. The van der Waals surface area contributed by atoms with Gasteiger partial charge in [-0.25, -0.2) is 0 Å². The number of Topliss-reactive ketones (excluding diaryl/α,β-unsaturated/α-hetero) is 1. The zero-order chi connectivity index (χ0) is 31.4. The Labute approximate surface area is 272 Å². The van der Waals surface area contributed by atoms with Crippen LogP contribution >= 0.6 is 23.2 Å². The molecule has 0 N–H and O–H groups in total. The van der Waals surface area contributed by atoms with Gasteiger partial charge in [-0.15, -0.1) is 0 Å². The molecule has 0 aromatic heterocycles. The molecule has 1 saturated heterocycles. The molecular formula is C36H38Cl2N2O3S. The van der Waals surface area contributed by atoms with E-state index in [1.807, 2.05) is 73.8 Å². The number of hydrogen-bond acceptors (Lipinski definition) is 4. The van der Waals surface area contributed by atoms with Gasteiger partial charge in [-0.1, -0.05) is 71.7 Å². The summed E-state index contributed by atoms with van der Waals surface area (Å²) >= 11 is 12.7. The molecule has 0 bridgehead atoms. The number of carbonyl (C=O) groups is 2. The van der Waals surface area contributed by atoms with E-state index >= 15 is 0 Å². The summed E-state index contributed by atoms with van der Waals surface area (Å²) in [5, 5.41) is 2.70. The second-order valence-electron chi connectivity index (χ2n) is 11.8. The van der Waals surface area contributed by atoms with Crippen LogP contribution in [0.1, 0.15) is 69.9 Å². The summed E-state index contributed by atoms with van der Waals surface area (Å²) in [5.41, 5.74) is 3.30. The van der Waals surface area contributed by atoms with E-state index in [2.05, 4.69) is 11.0 Å². The molecule has 0 saturated carbocycles. The maximum Gasteiger partial charge on any atom is 0.254 e. The maximum atomic E-state index is 13.9. The molecule has 0 radical (unpaired) electrons. The van der Waals surface area contributed by atoms with Crippen molar-refractivity contribution in [2.75, 3.05) is 39.5 Å². The Hall–Kier alpha value is -3.03. The van der Waals surface area contributed by atoms with Gasteiger partial charge in [-0.3, -0.25) is 13.8 Å². The van der Waals surface area contributed by atoms with Gasteiger partial charge in [0.05, 0.1) is 20.8 Å². The summed E-state index contributed by atoms with van der Waals surface area (Å²) in [6.07, 6.45) is 4.62. The number of nitrogens with zero attached hydrogens (tertiary/aromatic N) is 2. The highest BCUT2D eigenvalue weighted by Gasteiger charge is 2.26. The smallest absolute Gasteiger partial charge is 0.254 e. The number of likely N-dealkylation sites (N-methyl/N-ethyl adjacent to an activating group) is 1. The molecule has 1 heterocycles. The lowest BCUT2D eigenvalue weighted by Crippen LogP contribution is -2.36. The Morgan fingerprint density at radius 1 is 0.955 bits per heavy atom. The normalized spacial score (nSPS) is 15.7. The largest absolute Gasteiger partial charge is 0.341 e. The number of rotatable bonds is 10. The van der Waals surface area contributed by atoms with Crippen LogP contribution in [-0.4, -0.2) is 65.2 Å². The predicted molar refractivity (Wildman–Crippen MR) is 182 cm³/mol. The van der Waals surface area contributed by atoms with Crippen LogP contribution in [0.4, 0.5) is 0 Å². The van der Waals surface area contributed by atoms with Crippen LogP contribution in [0.15, 0.2) is 83.8 Å². The first-order chi connectivity index (χ1) is 21.1. The van der Waals surface area contributed by atoms with Gasteiger partial charge < -0.3 is 9.80 Å². The molecular weight excluding hydrogens is 611 g/mol. The van der Waals surface area contributed by atoms with E-state index in [1.165, 1.54) is 12.5 Å². The van der Waals surface area contributed by atoms with Crippen molar-refractivity contribution in [3.8, 4) is 0 Å². The molecule has 1 aliphatic rings. The van der Waals surface area contributed by atoms with Crippen molar-refractivity contribution in [3.63, 3.8) is 0 Å². The van der Waals surface area contributed by atoms with E-state index in [9.17, 15) is 13.8 Å². The Bertz CT molecular complexity index is 1700. The molecule has 1 aliphatic heterocycles. The number of benzene rings is 4. The molecule has 0 aliphatic carbocycles. The van der Waals surface area contributed by atoms with Gasteiger partial charge in [0, 0.05) is 41.8 Å². The molecule has 1 amide bonds. The van der Waals surface area contributed by atoms with Crippen LogP contribution in [0, 0.1) is 0 Å².